The van der Waals surface area contributed by atoms with Crippen molar-refractivity contribution < 1.29 is 14.6 Å². The van der Waals surface area contributed by atoms with Gasteiger partial charge in [-0.2, -0.15) is 5.10 Å². The van der Waals surface area contributed by atoms with Crippen LogP contribution >= 0.6 is 11.6 Å². The molecule has 1 aromatic carbocycles. The van der Waals surface area contributed by atoms with Crippen molar-refractivity contribution >= 4 is 17.6 Å². The molecule has 0 amide bonds. The van der Waals surface area contributed by atoms with Crippen LogP contribution in [0.4, 0.5) is 0 Å². The monoisotopic (exact) mass is 280 g/mol. The van der Waals surface area contributed by atoms with Crippen LogP contribution in [0.3, 0.4) is 0 Å². The Labute approximate surface area is 115 Å². The minimum atomic E-state index is -1.01. The quantitative estimate of drug-likeness (QED) is 0.914. The van der Waals surface area contributed by atoms with Crippen molar-refractivity contribution in [3.05, 3.63) is 52.3 Å². The lowest BCUT2D eigenvalue weighted by molar-refractivity contribution is 0.0681. The highest BCUT2D eigenvalue weighted by Gasteiger charge is 2.14. The Morgan fingerprint density at radius 1 is 1.42 bits per heavy atom. The van der Waals surface area contributed by atoms with Crippen LogP contribution in [-0.4, -0.2) is 20.9 Å². The lowest BCUT2D eigenvalue weighted by Gasteiger charge is -2.07. The van der Waals surface area contributed by atoms with Crippen molar-refractivity contribution in [2.45, 2.75) is 13.2 Å². The van der Waals surface area contributed by atoms with Gasteiger partial charge in [-0.3, -0.25) is 4.68 Å². The van der Waals surface area contributed by atoms with Gasteiger partial charge in [0.05, 0.1) is 25.1 Å². The Morgan fingerprint density at radius 3 is 2.84 bits per heavy atom. The number of carbonyl (C=O) groups is 1. The molecule has 0 bridgehead atoms. The Hall–Kier alpha value is -1.85. The van der Waals surface area contributed by atoms with E-state index in [2.05, 4.69) is 5.10 Å². The van der Waals surface area contributed by atoms with Crippen molar-refractivity contribution in [2.75, 3.05) is 0 Å². The van der Waals surface area contributed by atoms with Crippen LogP contribution in [0.2, 0.25) is 5.02 Å². The van der Waals surface area contributed by atoms with Crippen LogP contribution in [0.5, 0.6) is 0 Å². The first-order valence-corrected chi connectivity index (χ1v) is 6.02. The predicted molar refractivity (Wildman–Crippen MR) is 70.1 cm³/mol. The first-order valence-electron chi connectivity index (χ1n) is 5.65. The average molecular weight is 281 g/mol. The molecule has 2 rings (SSSR count). The third-order valence-corrected chi connectivity index (χ3v) is 3.11. The molecule has 0 saturated carbocycles. The summed E-state index contributed by atoms with van der Waals surface area (Å²) < 4.78 is 7.00. The van der Waals surface area contributed by atoms with Gasteiger partial charge in [-0.15, -0.1) is 0 Å². The second kappa shape index (κ2) is 5.86. The molecule has 5 nitrogen and oxygen atoms in total. The largest absolute Gasteiger partial charge is 0.478 e. The lowest BCUT2D eigenvalue weighted by atomic mass is 10.2. The van der Waals surface area contributed by atoms with Gasteiger partial charge < -0.3 is 9.84 Å². The Bertz CT molecular complexity index is 595. The zero-order chi connectivity index (χ0) is 13.8. The maximum atomic E-state index is 11.0. The van der Waals surface area contributed by atoms with Crippen LogP contribution in [0.25, 0.3) is 0 Å². The van der Waals surface area contributed by atoms with E-state index in [0.29, 0.717) is 17.3 Å². The van der Waals surface area contributed by atoms with E-state index in [1.807, 2.05) is 18.2 Å². The molecule has 0 aliphatic rings. The van der Waals surface area contributed by atoms with E-state index in [4.69, 9.17) is 21.4 Å². The highest BCUT2D eigenvalue weighted by atomic mass is 35.5. The molecule has 0 saturated heterocycles. The number of carboxylic acid groups (broad SMARTS) is 1. The van der Waals surface area contributed by atoms with E-state index in [0.717, 1.165) is 5.56 Å². The molecular weight excluding hydrogens is 268 g/mol. The molecule has 0 radical (unpaired) electrons. The summed E-state index contributed by atoms with van der Waals surface area (Å²) in [5, 5.41) is 13.6. The normalized spacial score (nSPS) is 10.6. The molecule has 2 aromatic rings. The van der Waals surface area contributed by atoms with Gasteiger partial charge in [0.15, 0.2) is 0 Å². The Kier molecular flexibility index (Phi) is 4.19. The van der Waals surface area contributed by atoms with Gasteiger partial charge in [0.1, 0.15) is 5.56 Å². The number of aromatic nitrogens is 2. The molecule has 1 heterocycles. The fourth-order valence-electron chi connectivity index (χ4n) is 1.69. The first kappa shape index (κ1) is 13.6. The molecule has 19 heavy (non-hydrogen) atoms. The summed E-state index contributed by atoms with van der Waals surface area (Å²) in [6, 6.07) is 7.36. The van der Waals surface area contributed by atoms with Gasteiger partial charge in [-0.1, -0.05) is 29.8 Å². The summed E-state index contributed by atoms with van der Waals surface area (Å²) in [6.07, 6.45) is 1.32. The van der Waals surface area contributed by atoms with E-state index in [-0.39, 0.29) is 12.2 Å². The fraction of sp³-hybridized carbons (Fsp3) is 0.231. The zero-order valence-corrected chi connectivity index (χ0v) is 11.1. The van der Waals surface area contributed by atoms with E-state index in [1.54, 1.807) is 13.1 Å². The molecule has 0 fully saturated rings. The molecule has 0 unspecified atom stereocenters. The van der Waals surface area contributed by atoms with Crippen LogP contribution in [0.1, 0.15) is 21.6 Å². The number of hydrogen-bond donors (Lipinski definition) is 1. The van der Waals surface area contributed by atoms with Crippen LogP contribution in [0, 0.1) is 0 Å². The second-order valence-electron chi connectivity index (χ2n) is 4.02. The second-order valence-corrected chi connectivity index (χ2v) is 4.43. The zero-order valence-electron chi connectivity index (χ0n) is 10.3. The van der Waals surface area contributed by atoms with Crippen LogP contribution in [0.15, 0.2) is 30.5 Å². The summed E-state index contributed by atoms with van der Waals surface area (Å²) >= 11 is 6.01. The number of aryl methyl sites for hydroxylation is 1. The van der Waals surface area contributed by atoms with Gasteiger partial charge in [-0.25, -0.2) is 4.79 Å². The molecule has 0 aliphatic heterocycles. The van der Waals surface area contributed by atoms with Gasteiger partial charge in [0.25, 0.3) is 0 Å². The maximum absolute atomic E-state index is 11.0. The van der Waals surface area contributed by atoms with Crippen LogP contribution < -0.4 is 0 Å². The molecule has 6 heteroatoms. The molecule has 1 aromatic heterocycles. The van der Waals surface area contributed by atoms with Crippen molar-refractivity contribution in [3.63, 3.8) is 0 Å². The molecule has 0 spiro atoms. The molecule has 100 valence electrons. The molecule has 0 atom stereocenters. The highest BCUT2D eigenvalue weighted by molar-refractivity contribution is 6.31. The standard InChI is InChI=1S/C13H13ClN2O3/c1-16-12(10(6-15-16)13(17)18)8-19-7-9-4-2-3-5-11(9)14/h2-6H,7-8H2,1H3,(H,17,18). The summed E-state index contributed by atoms with van der Waals surface area (Å²) in [4.78, 5) is 11.0. The van der Waals surface area contributed by atoms with Gasteiger partial charge >= 0.3 is 5.97 Å². The Morgan fingerprint density at radius 2 is 2.16 bits per heavy atom. The summed E-state index contributed by atoms with van der Waals surface area (Å²) in [5.41, 5.74) is 1.55. The fourth-order valence-corrected chi connectivity index (χ4v) is 1.88. The number of carboxylic acids is 1. The SMILES string of the molecule is Cn1ncc(C(=O)O)c1COCc1ccccc1Cl. The molecule has 1 N–H and O–H groups in total. The number of hydrogen-bond acceptors (Lipinski definition) is 3. The minimum Gasteiger partial charge on any atom is -0.478 e. The van der Waals surface area contributed by atoms with Crippen molar-refractivity contribution in [1.29, 1.82) is 0 Å². The van der Waals surface area contributed by atoms with Crippen LogP contribution in [-0.2, 0) is 25.0 Å². The first-order chi connectivity index (χ1) is 9.09. The smallest absolute Gasteiger partial charge is 0.339 e. The Balaban J connectivity index is 2.02. The molecule has 0 aliphatic carbocycles. The number of aromatic carboxylic acids is 1. The number of rotatable bonds is 5. The highest BCUT2D eigenvalue weighted by Crippen LogP contribution is 2.17. The van der Waals surface area contributed by atoms with Crippen molar-refractivity contribution in [3.8, 4) is 0 Å². The number of halogens is 1. The maximum Gasteiger partial charge on any atom is 0.339 e. The summed E-state index contributed by atoms with van der Waals surface area (Å²) in [6.45, 7) is 0.493. The number of nitrogens with zero attached hydrogens (tertiary/aromatic N) is 2. The van der Waals surface area contributed by atoms with E-state index in [1.165, 1.54) is 10.9 Å². The molecular formula is C13H13ClN2O3. The average Bonchev–Trinajstić information content (AvgIpc) is 2.74. The number of ether oxygens (including phenoxy) is 1. The summed E-state index contributed by atoms with van der Waals surface area (Å²) in [7, 11) is 1.68. The minimum absolute atomic E-state index is 0.154. The van der Waals surface area contributed by atoms with Gasteiger partial charge in [0, 0.05) is 12.1 Å². The van der Waals surface area contributed by atoms with Crippen molar-refractivity contribution in [1.82, 2.24) is 9.78 Å². The van der Waals surface area contributed by atoms with E-state index < -0.39 is 5.97 Å². The summed E-state index contributed by atoms with van der Waals surface area (Å²) in [5.74, 6) is -1.01. The lowest BCUT2D eigenvalue weighted by Crippen LogP contribution is -2.07. The van der Waals surface area contributed by atoms with E-state index >= 15 is 0 Å². The third kappa shape index (κ3) is 3.13. The third-order valence-electron chi connectivity index (χ3n) is 2.75. The van der Waals surface area contributed by atoms with E-state index in [9.17, 15) is 4.79 Å². The van der Waals surface area contributed by atoms with Gasteiger partial charge in [-0.05, 0) is 11.6 Å². The van der Waals surface area contributed by atoms with Crippen molar-refractivity contribution in [2.24, 2.45) is 7.05 Å². The topological polar surface area (TPSA) is 64.4 Å². The number of benzene rings is 1. The van der Waals surface area contributed by atoms with Gasteiger partial charge in [0.2, 0.25) is 0 Å². The predicted octanol–water partition coefficient (Wildman–Crippen LogP) is 2.49.